The summed E-state index contributed by atoms with van der Waals surface area (Å²) in [5, 5.41) is 11.6. The highest BCUT2D eigenvalue weighted by Crippen LogP contribution is 2.22. The summed E-state index contributed by atoms with van der Waals surface area (Å²) < 4.78 is 0. The number of hydrogen-bond acceptors (Lipinski definition) is 3. The number of rotatable bonds is 8. The van der Waals surface area contributed by atoms with E-state index in [1.807, 2.05) is 26.0 Å². The number of hydrogen-bond donors (Lipinski definition) is 2. The van der Waals surface area contributed by atoms with Crippen LogP contribution in [0.25, 0.3) is 0 Å². The molecule has 0 fully saturated rings. The van der Waals surface area contributed by atoms with Crippen molar-refractivity contribution < 1.29 is 14.7 Å². The molecule has 1 amide bonds. The number of amides is 1. The van der Waals surface area contributed by atoms with E-state index >= 15 is 0 Å². The van der Waals surface area contributed by atoms with Gasteiger partial charge in [0.05, 0.1) is 5.75 Å². The predicted molar refractivity (Wildman–Crippen MR) is 85.6 cm³/mol. The minimum Gasteiger partial charge on any atom is -0.480 e. The summed E-state index contributed by atoms with van der Waals surface area (Å²) in [6.07, 6.45) is 2.56. The number of carboxylic acid groups (broad SMARTS) is 1. The highest BCUT2D eigenvalue weighted by molar-refractivity contribution is 8.00. The molecular formula is C16H21NO3S. The standard InChI is InChI=1S/C16H21NO3S/c1-4-5-6-13(16(19)20)17-15(18)10-21-14-8-7-11(2)9-12(14)3/h4,7-9,13H,1,5-6,10H2,2-3H3,(H,17,18)(H,19,20). The highest BCUT2D eigenvalue weighted by Gasteiger charge is 2.18. The lowest BCUT2D eigenvalue weighted by atomic mass is 10.1. The molecule has 0 aromatic heterocycles. The van der Waals surface area contributed by atoms with Crippen molar-refractivity contribution in [3.05, 3.63) is 42.0 Å². The van der Waals surface area contributed by atoms with Crippen molar-refractivity contribution >= 4 is 23.6 Å². The third-order valence-corrected chi connectivity index (χ3v) is 4.16. The van der Waals surface area contributed by atoms with Gasteiger partial charge in [0.2, 0.25) is 5.91 Å². The van der Waals surface area contributed by atoms with E-state index in [2.05, 4.69) is 18.0 Å². The Morgan fingerprint density at radius 2 is 2.14 bits per heavy atom. The average Bonchev–Trinajstić information content (AvgIpc) is 2.42. The Hall–Kier alpha value is -1.75. The Morgan fingerprint density at radius 1 is 1.43 bits per heavy atom. The first-order valence-corrected chi connectivity index (χ1v) is 7.75. The summed E-state index contributed by atoms with van der Waals surface area (Å²) in [7, 11) is 0. The first-order chi connectivity index (χ1) is 9.93. The van der Waals surface area contributed by atoms with E-state index in [1.165, 1.54) is 17.3 Å². The molecule has 0 saturated heterocycles. The summed E-state index contributed by atoms with van der Waals surface area (Å²) in [6, 6.07) is 5.19. The van der Waals surface area contributed by atoms with E-state index in [4.69, 9.17) is 5.11 Å². The van der Waals surface area contributed by atoms with Gasteiger partial charge in [-0.05, 0) is 38.3 Å². The predicted octanol–water partition coefficient (Wildman–Crippen LogP) is 2.93. The van der Waals surface area contributed by atoms with Gasteiger partial charge < -0.3 is 10.4 Å². The molecule has 0 radical (unpaired) electrons. The summed E-state index contributed by atoms with van der Waals surface area (Å²) in [5.41, 5.74) is 2.30. The van der Waals surface area contributed by atoms with Gasteiger partial charge in [0.25, 0.3) is 0 Å². The zero-order valence-corrected chi connectivity index (χ0v) is 13.2. The second kappa shape index (κ2) is 8.52. The zero-order valence-electron chi connectivity index (χ0n) is 12.4. The van der Waals surface area contributed by atoms with E-state index in [0.29, 0.717) is 12.8 Å². The average molecular weight is 307 g/mol. The molecule has 0 spiro atoms. The second-order valence-electron chi connectivity index (χ2n) is 4.88. The van der Waals surface area contributed by atoms with Crippen molar-refractivity contribution in [2.75, 3.05) is 5.75 Å². The summed E-state index contributed by atoms with van der Waals surface area (Å²) >= 11 is 1.42. The Morgan fingerprint density at radius 3 is 2.71 bits per heavy atom. The maximum absolute atomic E-state index is 11.9. The number of benzene rings is 1. The van der Waals surface area contributed by atoms with Gasteiger partial charge in [-0.3, -0.25) is 4.79 Å². The van der Waals surface area contributed by atoms with Crippen LogP contribution in [-0.4, -0.2) is 28.8 Å². The smallest absolute Gasteiger partial charge is 0.326 e. The fourth-order valence-corrected chi connectivity index (χ4v) is 2.70. The number of aliphatic carboxylic acids is 1. The molecule has 2 N–H and O–H groups in total. The van der Waals surface area contributed by atoms with Crippen LogP contribution in [0.3, 0.4) is 0 Å². The molecule has 114 valence electrons. The highest BCUT2D eigenvalue weighted by atomic mass is 32.2. The van der Waals surface area contributed by atoms with Gasteiger partial charge in [-0.2, -0.15) is 0 Å². The largest absolute Gasteiger partial charge is 0.480 e. The van der Waals surface area contributed by atoms with Gasteiger partial charge in [0.15, 0.2) is 0 Å². The number of carbonyl (C=O) groups excluding carboxylic acids is 1. The topological polar surface area (TPSA) is 66.4 Å². The number of aryl methyl sites for hydroxylation is 2. The molecule has 1 aromatic carbocycles. The second-order valence-corrected chi connectivity index (χ2v) is 5.90. The lowest BCUT2D eigenvalue weighted by molar-refractivity contribution is -0.141. The van der Waals surface area contributed by atoms with Crippen molar-refractivity contribution in [2.45, 2.75) is 37.6 Å². The van der Waals surface area contributed by atoms with Crippen LogP contribution in [-0.2, 0) is 9.59 Å². The van der Waals surface area contributed by atoms with Crippen molar-refractivity contribution in [1.29, 1.82) is 0 Å². The van der Waals surface area contributed by atoms with E-state index in [-0.39, 0.29) is 11.7 Å². The molecule has 1 aromatic rings. The van der Waals surface area contributed by atoms with Crippen LogP contribution >= 0.6 is 11.8 Å². The number of allylic oxidation sites excluding steroid dienone is 1. The number of nitrogens with one attached hydrogen (secondary N) is 1. The first kappa shape index (κ1) is 17.3. The monoisotopic (exact) mass is 307 g/mol. The van der Waals surface area contributed by atoms with Crippen LogP contribution in [0, 0.1) is 13.8 Å². The number of thioether (sulfide) groups is 1. The van der Waals surface area contributed by atoms with Gasteiger partial charge in [-0.25, -0.2) is 4.79 Å². The molecule has 0 saturated carbocycles. The number of carboxylic acids is 1. The minimum atomic E-state index is -1.01. The van der Waals surface area contributed by atoms with Crippen LogP contribution in [0.5, 0.6) is 0 Å². The molecule has 1 atom stereocenters. The molecule has 0 bridgehead atoms. The van der Waals surface area contributed by atoms with Gasteiger partial charge >= 0.3 is 5.97 Å². The third kappa shape index (κ3) is 6.04. The zero-order chi connectivity index (χ0) is 15.8. The van der Waals surface area contributed by atoms with Crippen molar-refractivity contribution in [3.63, 3.8) is 0 Å². The molecule has 0 heterocycles. The minimum absolute atomic E-state index is 0.210. The Bertz CT molecular complexity index is 528. The molecule has 1 rings (SSSR count). The molecular weight excluding hydrogens is 286 g/mol. The molecule has 0 aliphatic heterocycles. The lowest BCUT2D eigenvalue weighted by Crippen LogP contribution is -2.41. The molecule has 0 aliphatic rings. The van der Waals surface area contributed by atoms with Crippen molar-refractivity contribution in [1.82, 2.24) is 5.32 Å². The van der Waals surface area contributed by atoms with Gasteiger partial charge in [-0.15, -0.1) is 18.3 Å². The fraction of sp³-hybridized carbons (Fsp3) is 0.375. The maximum Gasteiger partial charge on any atom is 0.326 e. The molecule has 1 unspecified atom stereocenters. The Kier molecular flexibility index (Phi) is 7.02. The van der Waals surface area contributed by atoms with Crippen LogP contribution in [0.4, 0.5) is 0 Å². The number of carbonyl (C=O) groups is 2. The quantitative estimate of drug-likeness (QED) is 0.572. The van der Waals surface area contributed by atoms with E-state index in [0.717, 1.165) is 10.5 Å². The maximum atomic E-state index is 11.9. The normalized spacial score (nSPS) is 11.7. The Labute approximate surface area is 129 Å². The van der Waals surface area contributed by atoms with Gasteiger partial charge in [0, 0.05) is 4.90 Å². The summed E-state index contributed by atoms with van der Waals surface area (Å²) in [6.45, 7) is 7.57. The third-order valence-electron chi connectivity index (χ3n) is 2.98. The van der Waals surface area contributed by atoms with Crippen molar-refractivity contribution in [2.24, 2.45) is 0 Å². The molecule has 4 nitrogen and oxygen atoms in total. The van der Waals surface area contributed by atoms with E-state index < -0.39 is 12.0 Å². The fourth-order valence-electron chi connectivity index (χ4n) is 1.88. The molecule has 0 aliphatic carbocycles. The van der Waals surface area contributed by atoms with Crippen LogP contribution in [0.2, 0.25) is 0 Å². The molecule has 21 heavy (non-hydrogen) atoms. The van der Waals surface area contributed by atoms with Crippen LogP contribution < -0.4 is 5.32 Å². The van der Waals surface area contributed by atoms with Crippen LogP contribution in [0.15, 0.2) is 35.7 Å². The van der Waals surface area contributed by atoms with Gasteiger partial charge in [0.1, 0.15) is 6.04 Å². The van der Waals surface area contributed by atoms with Crippen molar-refractivity contribution in [3.8, 4) is 0 Å². The van der Waals surface area contributed by atoms with E-state index in [9.17, 15) is 9.59 Å². The summed E-state index contributed by atoms with van der Waals surface area (Å²) in [5.74, 6) is -1.07. The van der Waals surface area contributed by atoms with Gasteiger partial charge in [-0.1, -0.05) is 23.8 Å². The van der Waals surface area contributed by atoms with E-state index in [1.54, 1.807) is 6.08 Å². The lowest BCUT2D eigenvalue weighted by Gasteiger charge is -2.13. The SMILES string of the molecule is C=CCCC(NC(=O)CSc1ccc(C)cc1C)C(=O)O. The first-order valence-electron chi connectivity index (χ1n) is 6.77. The summed E-state index contributed by atoms with van der Waals surface area (Å²) in [4.78, 5) is 23.9. The van der Waals surface area contributed by atoms with Crippen LogP contribution in [0.1, 0.15) is 24.0 Å². The molecule has 5 heteroatoms. The Balaban J connectivity index is 2.52.